The van der Waals surface area contributed by atoms with E-state index in [1.165, 1.54) is 21.9 Å². The zero-order valence-electron chi connectivity index (χ0n) is 17.8. The highest BCUT2D eigenvalue weighted by molar-refractivity contribution is 7.11. The van der Waals surface area contributed by atoms with E-state index in [4.69, 9.17) is 0 Å². The molecule has 1 aromatic carbocycles. The van der Waals surface area contributed by atoms with Crippen molar-refractivity contribution in [3.63, 3.8) is 0 Å². The molecule has 0 radical (unpaired) electrons. The molecule has 2 aromatic rings. The van der Waals surface area contributed by atoms with Gasteiger partial charge in [0.1, 0.15) is 16.9 Å². The number of rotatable bonds is 4. The SMILES string of the molecule is Cc1cnc(CN2CCN(c3cc(F)cc4c3CN(C3CCC(=O)NC3=O)C4=O)CC2)s1. The number of carbonyl (C=O) groups is 3. The summed E-state index contributed by atoms with van der Waals surface area (Å²) in [6.45, 7) is 6.15. The van der Waals surface area contributed by atoms with Gasteiger partial charge in [-0.1, -0.05) is 0 Å². The van der Waals surface area contributed by atoms with Crippen molar-refractivity contribution in [2.75, 3.05) is 31.1 Å². The molecule has 10 heteroatoms. The van der Waals surface area contributed by atoms with Crippen molar-refractivity contribution in [1.82, 2.24) is 20.1 Å². The third kappa shape index (κ3) is 3.88. The van der Waals surface area contributed by atoms with Gasteiger partial charge in [0.15, 0.2) is 0 Å². The van der Waals surface area contributed by atoms with Crippen LogP contribution >= 0.6 is 11.3 Å². The summed E-state index contributed by atoms with van der Waals surface area (Å²) in [6.07, 6.45) is 2.37. The van der Waals surface area contributed by atoms with Crippen LogP contribution in [0.4, 0.5) is 10.1 Å². The molecule has 0 bridgehead atoms. The number of piperidine rings is 1. The lowest BCUT2D eigenvalue weighted by Crippen LogP contribution is -2.52. The Bertz CT molecular complexity index is 1100. The van der Waals surface area contributed by atoms with E-state index in [0.29, 0.717) is 24.3 Å². The zero-order chi connectivity index (χ0) is 22.4. The molecule has 8 nitrogen and oxygen atoms in total. The molecule has 1 atom stereocenters. The lowest BCUT2D eigenvalue weighted by atomic mass is 10.0. The maximum Gasteiger partial charge on any atom is 0.255 e. The van der Waals surface area contributed by atoms with Crippen molar-refractivity contribution in [1.29, 1.82) is 0 Å². The molecule has 168 valence electrons. The number of hydrogen-bond acceptors (Lipinski definition) is 7. The minimum absolute atomic E-state index is 0.193. The predicted molar refractivity (Wildman–Crippen MR) is 117 cm³/mol. The number of anilines is 1. The second-order valence-corrected chi connectivity index (χ2v) is 9.80. The topological polar surface area (TPSA) is 85.8 Å². The fourth-order valence-corrected chi connectivity index (χ4v) is 5.53. The van der Waals surface area contributed by atoms with E-state index < -0.39 is 17.8 Å². The number of fused-ring (bicyclic) bond motifs is 1. The lowest BCUT2D eigenvalue weighted by Gasteiger charge is -2.36. The standard InChI is InChI=1S/C22H24FN5O3S/c1-13-10-24-20(32-13)12-26-4-6-27(7-5-26)18-9-14(23)8-15-16(18)11-28(22(15)31)17-2-3-19(29)25-21(17)30/h8-10,17H,2-7,11-12H2,1H3,(H,25,29,30). The van der Waals surface area contributed by atoms with E-state index in [1.807, 2.05) is 13.1 Å². The first-order valence-corrected chi connectivity index (χ1v) is 11.6. The van der Waals surface area contributed by atoms with Crippen molar-refractivity contribution in [3.8, 4) is 0 Å². The minimum Gasteiger partial charge on any atom is -0.369 e. The van der Waals surface area contributed by atoms with Gasteiger partial charge >= 0.3 is 0 Å². The Morgan fingerprint density at radius 2 is 1.97 bits per heavy atom. The van der Waals surface area contributed by atoms with Crippen LogP contribution in [0.5, 0.6) is 0 Å². The Morgan fingerprint density at radius 1 is 1.19 bits per heavy atom. The molecular formula is C22H24FN5O3S. The van der Waals surface area contributed by atoms with E-state index in [-0.39, 0.29) is 31.2 Å². The number of nitrogens with zero attached hydrogens (tertiary/aromatic N) is 4. The molecule has 5 rings (SSSR count). The number of piperazine rings is 1. The molecule has 2 fully saturated rings. The van der Waals surface area contributed by atoms with Gasteiger partial charge in [-0.15, -0.1) is 11.3 Å². The summed E-state index contributed by atoms with van der Waals surface area (Å²) in [5, 5.41) is 3.39. The van der Waals surface area contributed by atoms with E-state index in [0.717, 1.165) is 30.2 Å². The summed E-state index contributed by atoms with van der Waals surface area (Å²) in [5.74, 6) is -1.60. The Kier molecular flexibility index (Phi) is 5.42. The van der Waals surface area contributed by atoms with Crippen LogP contribution in [0.15, 0.2) is 18.3 Å². The van der Waals surface area contributed by atoms with Crippen LogP contribution in [-0.4, -0.2) is 64.7 Å². The first-order valence-electron chi connectivity index (χ1n) is 10.7. The molecule has 32 heavy (non-hydrogen) atoms. The highest BCUT2D eigenvalue weighted by Gasteiger charge is 2.41. The highest BCUT2D eigenvalue weighted by atomic mass is 32.1. The molecular weight excluding hydrogens is 433 g/mol. The number of aromatic nitrogens is 1. The third-order valence-corrected chi connectivity index (χ3v) is 7.24. The molecule has 1 N–H and O–H groups in total. The van der Waals surface area contributed by atoms with Gasteiger partial charge in [-0.05, 0) is 25.5 Å². The van der Waals surface area contributed by atoms with Crippen LogP contribution < -0.4 is 10.2 Å². The number of thiazole rings is 1. The normalized spacial score (nSPS) is 21.8. The van der Waals surface area contributed by atoms with Gasteiger partial charge in [0, 0.05) is 67.0 Å². The number of nitrogens with one attached hydrogen (secondary N) is 1. The molecule has 3 amide bonds. The number of imide groups is 1. The number of benzene rings is 1. The lowest BCUT2D eigenvalue weighted by molar-refractivity contribution is -0.136. The Balaban J connectivity index is 1.32. The summed E-state index contributed by atoms with van der Waals surface area (Å²) in [4.78, 5) is 48.4. The first-order chi connectivity index (χ1) is 15.4. The van der Waals surface area contributed by atoms with Crippen LogP contribution in [0, 0.1) is 12.7 Å². The van der Waals surface area contributed by atoms with E-state index in [2.05, 4.69) is 20.1 Å². The van der Waals surface area contributed by atoms with Gasteiger partial charge in [-0.25, -0.2) is 9.37 Å². The molecule has 3 aliphatic rings. The highest BCUT2D eigenvalue weighted by Crippen LogP contribution is 2.35. The Labute approximate surface area is 189 Å². The van der Waals surface area contributed by atoms with Gasteiger partial charge in [0.05, 0.1) is 6.54 Å². The average molecular weight is 458 g/mol. The molecule has 1 aromatic heterocycles. The molecule has 1 unspecified atom stereocenters. The third-order valence-electron chi connectivity index (χ3n) is 6.34. The zero-order valence-corrected chi connectivity index (χ0v) is 18.6. The van der Waals surface area contributed by atoms with Crippen LogP contribution in [0.1, 0.15) is 38.6 Å². The van der Waals surface area contributed by atoms with Gasteiger partial charge < -0.3 is 9.80 Å². The van der Waals surface area contributed by atoms with E-state index >= 15 is 0 Å². The minimum atomic E-state index is -0.706. The van der Waals surface area contributed by atoms with E-state index in [9.17, 15) is 18.8 Å². The second kappa shape index (κ2) is 8.25. The summed E-state index contributed by atoms with van der Waals surface area (Å²) in [5.41, 5.74) is 1.78. The Morgan fingerprint density at radius 3 is 2.66 bits per heavy atom. The first kappa shape index (κ1) is 21.0. The smallest absolute Gasteiger partial charge is 0.255 e. The van der Waals surface area contributed by atoms with E-state index in [1.54, 1.807) is 11.3 Å². The fraction of sp³-hybridized carbons (Fsp3) is 0.455. The summed E-state index contributed by atoms with van der Waals surface area (Å²) in [6, 6.07) is 2.04. The summed E-state index contributed by atoms with van der Waals surface area (Å²) >= 11 is 1.70. The predicted octanol–water partition coefficient (Wildman–Crippen LogP) is 1.67. The van der Waals surface area contributed by atoms with Crippen molar-refractivity contribution >= 4 is 34.7 Å². The average Bonchev–Trinajstić information content (AvgIpc) is 3.31. The van der Waals surface area contributed by atoms with Crippen LogP contribution in [0.2, 0.25) is 0 Å². The molecule has 3 aliphatic heterocycles. The summed E-state index contributed by atoms with van der Waals surface area (Å²) < 4.78 is 14.5. The monoisotopic (exact) mass is 457 g/mol. The van der Waals surface area contributed by atoms with Crippen molar-refractivity contribution in [2.24, 2.45) is 0 Å². The summed E-state index contributed by atoms with van der Waals surface area (Å²) in [7, 11) is 0. The maximum absolute atomic E-state index is 14.5. The van der Waals surface area contributed by atoms with Gasteiger partial charge in [0.25, 0.3) is 5.91 Å². The second-order valence-electron chi connectivity index (χ2n) is 8.48. The van der Waals surface area contributed by atoms with Gasteiger partial charge in [0.2, 0.25) is 11.8 Å². The van der Waals surface area contributed by atoms with Gasteiger partial charge in [-0.2, -0.15) is 0 Å². The molecule has 0 saturated carbocycles. The van der Waals surface area contributed by atoms with Crippen LogP contribution in [-0.2, 0) is 22.7 Å². The largest absolute Gasteiger partial charge is 0.369 e. The molecule has 4 heterocycles. The van der Waals surface area contributed by atoms with Crippen molar-refractivity contribution in [2.45, 2.75) is 38.9 Å². The number of aryl methyl sites for hydroxylation is 1. The maximum atomic E-state index is 14.5. The van der Waals surface area contributed by atoms with Crippen LogP contribution in [0.25, 0.3) is 0 Å². The molecule has 2 saturated heterocycles. The Hall–Kier alpha value is -2.85. The molecule has 0 spiro atoms. The fourth-order valence-electron chi connectivity index (χ4n) is 4.70. The van der Waals surface area contributed by atoms with Gasteiger partial charge in [-0.3, -0.25) is 24.6 Å². The van der Waals surface area contributed by atoms with Crippen molar-refractivity contribution in [3.05, 3.63) is 45.2 Å². The van der Waals surface area contributed by atoms with Crippen molar-refractivity contribution < 1.29 is 18.8 Å². The number of amides is 3. The number of carbonyl (C=O) groups excluding carboxylic acids is 3. The number of halogens is 1. The molecule has 0 aliphatic carbocycles. The number of hydrogen-bond donors (Lipinski definition) is 1. The quantitative estimate of drug-likeness (QED) is 0.703. The van der Waals surface area contributed by atoms with Crippen LogP contribution in [0.3, 0.4) is 0 Å².